The van der Waals surface area contributed by atoms with E-state index in [0.29, 0.717) is 0 Å². The van der Waals surface area contributed by atoms with Crippen molar-refractivity contribution in [1.29, 1.82) is 0 Å². The summed E-state index contributed by atoms with van der Waals surface area (Å²) in [5.74, 6) is 1.83. The van der Waals surface area contributed by atoms with Crippen LogP contribution in [-0.4, -0.2) is 25.8 Å². The van der Waals surface area contributed by atoms with Crippen molar-refractivity contribution in [2.45, 2.75) is 59.0 Å². The Morgan fingerprint density at radius 1 is 0.786 bits per heavy atom. The minimum absolute atomic E-state index is 0.183. The van der Waals surface area contributed by atoms with Gasteiger partial charge in [0.25, 0.3) is 0 Å². The summed E-state index contributed by atoms with van der Waals surface area (Å²) in [7, 11) is 0. The van der Waals surface area contributed by atoms with Crippen LogP contribution in [0.15, 0.2) is 48.5 Å². The van der Waals surface area contributed by atoms with Crippen LogP contribution in [0.5, 0.6) is 11.5 Å². The number of anilines is 2. The molecule has 0 atom stereocenters. The maximum atomic E-state index is 5.88. The molecule has 28 heavy (non-hydrogen) atoms. The molecule has 0 spiro atoms. The van der Waals surface area contributed by atoms with Crippen LogP contribution in [0.1, 0.15) is 52.9 Å². The van der Waals surface area contributed by atoms with Crippen molar-refractivity contribution in [3.63, 3.8) is 0 Å². The Balaban J connectivity index is 1.67. The van der Waals surface area contributed by atoms with E-state index in [-0.39, 0.29) is 6.10 Å². The predicted molar refractivity (Wildman–Crippen MR) is 120 cm³/mol. The average molecular weight is 385 g/mol. The Kier molecular flexibility index (Phi) is 10.1. The summed E-state index contributed by atoms with van der Waals surface area (Å²) < 4.78 is 11.6. The third-order valence-electron chi connectivity index (χ3n) is 4.34. The van der Waals surface area contributed by atoms with Crippen molar-refractivity contribution in [1.82, 2.24) is 0 Å². The van der Waals surface area contributed by atoms with Crippen LogP contribution in [0.3, 0.4) is 0 Å². The molecule has 2 rings (SSSR count). The molecule has 0 amide bonds. The first-order chi connectivity index (χ1) is 13.7. The minimum atomic E-state index is 0.183. The summed E-state index contributed by atoms with van der Waals surface area (Å²) in [5, 5.41) is 6.87. The highest BCUT2D eigenvalue weighted by Gasteiger charge is 2.00. The van der Waals surface area contributed by atoms with Gasteiger partial charge in [-0.15, -0.1) is 0 Å². The van der Waals surface area contributed by atoms with Crippen LogP contribution in [0.25, 0.3) is 0 Å². The van der Waals surface area contributed by atoms with Crippen LogP contribution >= 0.6 is 0 Å². The number of rotatable bonds is 14. The van der Waals surface area contributed by atoms with E-state index in [0.717, 1.165) is 49.0 Å². The number of unbranched alkanes of at least 4 members (excludes halogenated alkanes) is 4. The summed E-state index contributed by atoms with van der Waals surface area (Å²) in [4.78, 5) is 0. The van der Waals surface area contributed by atoms with Gasteiger partial charge >= 0.3 is 0 Å². The fourth-order valence-electron chi connectivity index (χ4n) is 2.96. The zero-order chi connectivity index (χ0) is 20.0. The second kappa shape index (κ2) is 12.9. The molecule has 0 aliphatic carbocycles. The number of ether oxygens (including phenoxy) is 2. The van der Waals surface area contributed by atoms with E-state index >= 15 is 0 Å². The summed E-state index contributed by atoms with van der Waals surface area (Å²) in [6, 6.07) is 16.3. The SMILES string of the molecule is CCCCCCCOc1cccc(NCCNc2cccc(OC(C)C)c2)c1. The molecule has 0 saturated heterocycles. The van der Waals surface area contributed by atoms with Crippen molar-refractivity contribution in [3.05, 3.63) is 48.5 Å². The highest BCUT2D eigenvalue weighted by molar-refractivity contribution is 5.50. The molecule has 2 aromatic carbocycles. The maximum absolute atomic E-state index is 5.88. The van der Waals surface area contributed by atoms with Crippen molar-refractivity contribution >= 4 is 11.4 Å². The van der Waals surface area contributed by atoms with Gasteiger partial charge in [0.05, 0.1) is 12.7 Å². The Hall–Kier alpha value is -2.36. The summed E-state index contributed by atoms with van der Waals surface area (Å²) >= 11 is 0. The molecule has 0 aromatic heterocycles. The third-order valence-corrected chi connectivity index (χ3v) is 4.34. The molecule has 154 valence electrons. The minimum Gasteiger partial charge on any atom is -0.494 e. The highest BCUT2D eigenvalue weighted by atomic mass is 16.5. The largest absolute Gasteiger partial charge is 0.494 e. The van der Waals surface area contributed by atoms with E-state index < -0.39 is 0 Å². The van der Waals surface area contributed by atoms with E-state index in [4.69, 9.17) is 9.47 Å². The topological polar surface area (TPSA) is 42.5 Å². The number of hydrogen-bond acceptors (Lipinski definition) is 4. The second-order valence-electron chi connectivity index (χ2n) is 7.34. The Morgan fingerprint density at radius 3 is 2.04 bits per heavy atom. The van der Waals surface area contributed by atoms with E-state index in [2.05, 4.69) is 35.8 Å². The first kappa shape index (κ1) is 21.9. The van der Waals surface area contributed by atoms with E-state index in [1.807, 2.05) is 44.2 Å². The smallest absolute Gasteiger partial charge is 0.121 e. The molecule has 0 heterocycles. The van der Waals surface area contributed by atoms with Gasteiger partial charge in [0.2, 0.25) is 0 Å². The monoisotopic (exact) mass is 384 g/mol. The van der Waals surface area contributed by atoms with Gasteiger partial charge in [0, 0.05) is 36.6 Å². The lowest BCUT2D eigenvalue weighted by atomic mass is 10.2. The van der Waals surface area contributed by atoms with Gasteiger partial charge in [-0.25, -0.2) is 0 Å². The van der Waals surface area contributed by atoms with Gasteiger partial charge in [0.1, 0.15) is 11.5 Å². The van der Waals surface area contributed by atoms with E-state index in [9.17, 15) is 0 Å². The molecular weight excluding hydrogens is 348 g/mol. The zero-order valence-electron chi connectivity index (χ0n) is 17.7. The predicted octanol–water partition coefficient (Wildman–Crippen LogP) is 6.35. The van der Waals surface area contributed by atoms with Crippen molar-refractivity contribution in [2.24, 2.45) is 0 Å². The van der Waals surface area contributed by atoms with E-state index in [1.54, 1.807) is 0 Å². The number of hydrogen-bond donors (Lipinski definition) is 2. The zero-order valence-corrected chi connectivity index (χ0v) is 17.7. The van der Waals surface area contributed by atoms with Gasteiger partial charge in [-0.2, -0.15) is 0 Å². The Morgan fingerprint density at radius 2 is 1.39 bits per heavy atom. The second-order valence-corrected chi connectivity index (χ2v) is 7.34. The molecule has 0 aliphatic heterocycles. The first-order valence-corrected chi connectivity index (χ1v) is 10.6. The van der Waals surface area contributed by atoms with Crippen LogP contribution in [0, 0.1) is 0 Å². The van der Waals surface area contributed by atoms with Crippen LogP contribution in [0.2, 0.25) is 0 Å². The van der Waals surface area contributed by atoms with Gasteiger partial charge < -0.3 is 20.1 Å². The molecule has 0 radical (unpaired) electrons. The Labute approximate surface area is 170 Å². The fourth-order valence-corrected chi connectivity index (χ4v) is 2.96. The average Bonchev–Trinajstić information content (AvgIpc) is 2.68. The first-order valence-electron chi connectivity index (χ1n) is 10.6. The molecule has 0 unspecified atom stereocenters. The van der Waals surface area contributed by atoms with E-state index in [1.165, 1.54) is 25.7 Å². The normalized spacial score (nSPS) is 10.7. The van der Waals surface area contributed by atoms with Gasteiger partial charge in [-0.1, -0.05) is 44.7 Å². The van der Waals surface area contributed by atoms with Gasteiger partial charge in [-0.3, -0.25) is 0 Å². The molecule has 2 N–H and O–H groups in total. The Bertz CT molecular complexity index is 673. The van der Waals surface area contributed by atoms with Crippen molar-refractivity contribution in [3.8, 4) is 11.5 Å². The number of nitrogens with one attached hydrogen (secondary N) is 2. The lowest BCUT2D eigenvalue weighted by molar-refractivity contribution is 0.242. The molecule has 0 bridgehead atoms. The lowest BCUT2D eigenvalue weighted by Crippen LogP contribution is -2.14. The molecule has 4 nitrogen and oxygen atoms in total. The molecule has 0 aliphatic rings. The highest BCUT2D eigenvalue weighted by Crippen LogP contribution is 2.19. The summed E-state index contributed by atoms with van der Waals surface area (Å²) in [5.41, 5.74) is 2.15. The van der Waals surface area contributed by atoms with Crippen LogP contribution in [-0.2, 0) is 0 Å². The fraction of sp³-hybridized carbons (Fsp3) is 0.500. The standard InChI is InChI=1S/C24H36N2O2/c1-4-5-6-7-8-17-27-23-13-9-11-21(18-23)25-15-16-26-22-12-10-14-24(19-22)28-20(2)3/h9-14,18-20,25-26H,4-8,15-17H2,1-3H3. The lowest BCUT2D eigenvalue weighted by Gasteiger charge is -2.13. The van der Waals surface area contributed by atoms with Gasteiger partial charge in [0.15, 0.2) is 0 Å². The molecule has 4 heteroatoms. The van der Waals surface area contributed by atoms with Gasteiger partial charge in [-0.05, 0) is 44.5 Å². The quantitative estimate of drug-likeness (QED) is 0.373. The third kappa shape index (κ3) is 9.03. The summed E-state index contributed by atoms with van der Waals surface area (Å²) in [6.07, 6.45) is 6.47. The molecule has 0 saturated carbocycles. The van der Waals surface area contributed by atoms with Crippen molar-refractivity contribution in [2.75, 3.05) is 30.3 Å². The number of benzene rings is 2. The summed E-state index contributed by atoms with van der Waals surface area (Å²) in [6.45, 7) is 8.76. The molecule has 0 fully saturated rings. The molecular formula is C24H36N2O2. The van der Waals surface area contributed by atoms with Crippen LogP contribution < -0.4 is 20.1 Å². The maximum Gasteiger partial charge on any atom is 0.121 e. The van der Waals surface area contributed by atoms with Crippen molar-refractivity contribution < 1.29 is 9.47 Å². The van der Waals surface area contributed by atoms with Crippen LogP contribution in [0.4, 0.5) is 11.4 Å². The molecule has 2 aromatic rings.